The third-order valence-corrected chi connectivity index (χ3v) is 4.12. The van der Waals surface area contributed by atoms with E-state index in [1.807, 2.05) is 30.3 Å². The summed E-state index contributed by atoms with van der Waals surface area (Å²) in [5.74, 6) is -0.238. The van der Waals surface area contributed by atoms with Crippen LogP contribution in [0.1, 0.15) is 17.4 Å². The van der Waals surface area contributed by atoms with Crippen LogP contribution in [0.5, 0.6) is 0 Å². The van der Waals surface area contributed by atoms with Gasteiger partial charge in [-0.3, -0.25) is 14.3 Å². The summed E-state index contributed by atoms with van der Waals surface area (Å²) in [7, 11) is 0. The molecule has 1 saturated heterocycles. The zero-order valence-corrected chi connectivity index (χ0v) is 13.3. The predicted octanol–water partition coefficient (Wildman–Crippen LogP) is 0.568. The van der Waals surface area contributed by atoms with Gasteiger partial charge < -0.3 is 14.6 Å². The number of aromatic amines is 1. The number of hydrogen-bond acceptors (Lipinski definition) is 5. The van der Waals surface area contributed by atoms with Crippen molar-refractivity contribution in [3.05, 3.63) is 68.5 Å². The van der Waals surface area contributed by atoms with Crippen LogP contribution in [-0.2, 0) is 16.1 Å². The Morgan fingerprint density at radius 2 is 2.08 bits per heavy atom. The van der Waals surface area contributed by atoms with Gasteiger partial charge in [0, 0.05) is 17.7 Å². The molecule has 7 heteroatoms. The Bertz CT molecular complexity index is 799. The van der Waals surface area contributed by atoms with E-state index in [1.54, 1.807) is 6.92 Å². The minimum Gasteiger partial charge on any atom is -0.388 e. The van der Waals surface area contributed by atoms with E-state index in [0.29, 0.717) is 18.8 Å². The van der Waals surface area contributed by atoms with Gasteiger partial charge in [-0.05, 0) is 12.5 Å². The second-order valence-corrected chi connectivity index (χ2v) is 5.95. The van der Waals surface area contributed by atoms with E-state index in [0.717, 1.165) is 5.56 Å². The zero-order valence-electron chi connectivity index (χ0n) is 13.3. The number of hydrogen-bond donors (Lipinski definition) is 2. The van der Waals surface area contributed by atoms with Crippen molar-refractivity contribution in [3.8, 4) is 0 Å². The van der Waals surface area contributed by atoms with Crippen LogP contribution in [0.2, 0.25) is 0 Å². The highest BCUT2D eigenvalue weighted by Gasteiger charge is 2.37. The molecule has 1 aliphatic rings. The summed E-state index contributed by atoms with van der Waals surface area (Å²) in [6.45, 7) is 2.65. The first-order valence-corrected chi connectivity index (χ1v) is 7.79. The highest BCUT2D eigenvalue weighted by atomic mass is 16.5. The van der Waals surface area contributed by atoms with Crippen molar-refractivity contribution in [2.24, 2.45) is 5.92 Å². The highest BCUT2D eigenvalue weighted by molar-refractivity contribution is 5.13. The lowest BCUT2D eigenvalue weighted by atomic mass is 10.1. The Labute approximate surface area is 138 Å². The largest absolute Gasteiger partial charge is 0.388 e. The Balaban J connectivity index is 1.63. The van der Waals surface area contributed by atoms with Gasteiger partial charge in [0.2, 0.25) is 0 Å². The summed E-state index contributed by atoms with van der Waals surface area (Å²) in [5.41, 5.74) is 0.399. The van der Waals surface area contributed by atoms with Gasteiger partial charge in [-0.2, -0.15) is 0 Å². The summed E-state index contributed by atoms with van der Waals surface area (Å²) >= 11 is 0. The summed E-state index contributed by atoms with van der Waals surface area (Å²) in [6, 6.07) is 9.74. The van der Waals surface area contributed by atoms with Gasteiger partial charge in [0.1, 0.15) is 6.10 Å². The van der Waals surface area contributed by atoms with Crippen LogP contribution in [-0.4, -0.2) is 34.0 Å². The third-order valence-electron chi connectivity index (χ3n) is 4.12. The molecular weight excluding hydrogens is 312 g/mol. The maximum absolute atomic E-state index is 11.9. The lowest BCUT2D eigenvalue weighted by Gasteiger charge is -2.19. The molecule has 2 N–H and O–H groups in total. The first-order chi connectivity index (χ1) is 11.6. The van der Waals surface area contributed by atoms with Crippen molar-refractivity contribution in [3.63, 3.8) is 0 Å². The molecule has 0 saturated carbocycles. The van der Waals surface area contributed by atoms with Gasteiger partial charge >= 0.3 is 5.69 Å². The number of aliphatic hydroxyl groups is 1. The molecule has 2 heterocycles. The van der Waals surface area contributed by atoms with Gasteiger partial charge in [0.05, 0.1) is 19.8 Å². The lowest BCUT2D eigenvalue weighted by Crippen LogP contribution is -2.37. The Kier molecular flexibility index (Phi) is 4.94. The molecule has 24 heavy (non-hydrogen) atoms. The van der Waals surface area contributed by atoms with Crippen molar-refractivity contribution in [1.29, 1.82) is 0 Å². The van der Waals surface area contributed by atoms with Crippen molar-refractivity contribution in [2.75, 3.05) is 13.2 Å². The molecule has 3 rings (SSSR count). The Morgan fingerprint density at radius 1 is 1.33 bits per heavy atom. The van der Waals surface area contributed by atoms with E-state index in [4.69, 9.17) is 9.47 Å². The molecule has 1 aromatic carbocycles. The van der Waals surface area contributed by atoms with Crippen LogP contribution >= 0.6 is 0 Å². The quantitative estimate of drug-likeness (QED) is 0.835. The van der Waals surface area contributed by atoms with Gasteiger partial charge in [-0.1, -0.05) is 30.3 Å². The summed E-state index contributed by atoms with van der Waals surface area (Å²) in [4.78, 5) is 25.6. The number of nitrogens with one attached hydrogen (secondary N) is 1. The Morgan fingerprint density at radius 3 is 2.83 bits per heavy atom. The number of nitrogens with zero attached hydrogens (tertiary/aromatic N) is 1. The first kappa shape index (κ1) is 16.6. The zero-order chi connectivity index (χ0) is 17.1. The summed E-state index contributed by atoms with van der Waals surface area (Å²) < 4.78 is 12.4. The molecule has 3 atom stereocenters. The van der Waals surface area contributed by atoms with Crippen molar-refractivity contribution >= 4 is 0 Å². The van der Waals surface area contributed by atoms with E-state index in [9.17, 15) is 14.7 Å². The van der Waals surface area contributed by atoms with Crippen LogP contribution in [0, 0.1) is 12.8 Å². The van der Waals surface area contributed by atoms with E-state index in [1.165, 1.54) is 10.8 Å². The minimum absolute atomic E-state index is 0.238. The smallest absolute Gasteiger partial charge is 0.330 e. The maximum Gasteiger partial charge on any atom is 0.330 e. The number of rotatable bonds is 5. The molecular formula is C17H20N2O5. The standard InChI is InChI=1S/C17H20N2O5/c1-11-7-19(17(22)18-15(11)21)16-14(20)13(10-24-16)9-23-8-12-5-3-2-4-6-12/h2-7,13-14,16,20H,8-10H2,1H3,(H,18,21,22)/t13-,14-,16-/m1/s1. The molecule has 0 bridgehead atoms. The monoisotopic (exact) mass is 332 g/mol. The van der Waals surface area contributed by atoms with Crippen molar-refractivity contribution in [2.45, 2.75) is 25.9 Å². The second-order valence-electron chi connectivity index (χ2n) is 5.95. The van der Waals surface area contributed by atoms with E-state index < -0.39 is 23.6 Å². The molecule has 0 spiro atoms. The van der Waals surface area contributed by atoms with Crippen LogP contribution < -0.4 is 11.2 Å². The van der Waals surface area contributed by atoms with Crippen LogP contribution in [0.25, 0.3) is 0 Å². The van der Waals surface area contributed by atoms with Crippen LogP contribution in [0.4, 0.5) is 0 Å². The van der Waals surface area contributed by atoms with Crippen molar-refractivity contribution < 1.29 is 14.6 Å². The Hall–Kier alpha value is -2.22. The number of H-pyrrole nitrogens is 1. The highest BCUT2D eigenvalue weighted by Crippen LogP contribution is 2.28. The number of aliphatic hydroxyl groups excluding tert-OH is 1. The number of benzene rings is 1. The van der Waals surface area contributed by atoms with Gasteiger partial charge in [0.15, 0.2) is 6.23 Å². The summed E-state index contributed by atoms with van der Waals surface area (Å²) in [5, 5.41) is 10.4. The normalized spacial score (nSPS) is 23.5. The molecule has 0 unspecified atom stereocenters. The molecule has 0 radical (unpaired) electrons. The maximum atomic E-state index is 11.9. The van der Waals surface area contributed by atoms with Gasteiger partial charge in [-0.25, -0.2) is 4.79 Å². The minimum atomic E-state index is -0.885. The van der Waals surface area contributed by atoms with Gasteiger partial charge in [0.25, 0.3) is 5.56 Å². The average molecular weight is 332 g/mol. The van der Waals surface area contributed by atoms with Crippen molar-refractivity contribution in [1.82, 2.24) is 9.55 Å². The molecule has 0 aliphatic carbocycles. The van der Waals surface area contributed by atoms with Gasteiger partial charge in [-0.15, -0.1) is 0 Å². The van der Waals surface area contributed by atoms with E-state index in [-0.39, 0.29) is 12.5 Å². The van der Waals surface area contributed by atoms with Crippen LogP contribution in [0.3, 0.4) is 0 Å². The van der Waals surface area contributed by atoms with E-state index in [2.05, 4.69) is 4.98 Å². The molecule has 1 fully saturated rings. The fourth-order valence-corrected chi connectivity index (χ4v) is 2.72. The third kappa shape index (κ3) is 3.48. The topological polar surface area (TPSA) is 93.6 Å². The first-order valence-electron chi connectivity index (χ1n) is 7.79. The average Bonchev–Trinajstić information content (AvgIpc) is 2.93. The summed E-state index contributed by atoms with van der Waals surface area (Å²) in [6.07, 6.45) is -0.301. The van der Waals surface area contributed by atoms with Crippen LogP contribution in [0.15, 0.2) is 46.1 Å². The number of ether oxygens (including phenoxy) is 2. The molecule has 128 valence electrons. The number of aromatic nitrogens is 2. The molecule has 7 nitrogen and oxygen atoms in total. The molecule has 1 aliphatic heterocycles. The molecule has 2 aromatic rings. The molecule has 0 amide bonds. The lowest BCUT2D eigenvalue weighted by molar-refractivity contribution is -0.0194. The fourth-order valence-electron chi connectivity index (χ4n) is 2.72. The van der Waals surface area contributed by atoms with E-state index >= 15 is 0 Å². The molecule has 1 aromatic heterocycles. The number of aryl methyl sites for hydroxylation is 1. The predicted molar refractivity (Wildman–Crippen MR) is 86.6 cm³/mol. The second kappa shape index (κ2) is 7.12. The fraction of sp³-hybridized carbons (Fsp3) is 0.412. The SMILES string of the molecule is Cc1cn([C@@H]2OC[C@@H](COCc3ccccc3)[C@H]2O)c(=O)[nH]c1=O.